The first kappa shape index (κ1) is 12.8. The molecule has 2 aromatic carbocycles. The lowest BCUT2D eigenvalue weighted by atomic mass is 9.98. The van der Waals surface area contributed by atoms with E-state index in [1.54, 1.807) is 0 Å². The van der Waals surface area contributed by atoms with Crippen LogP contribution >= 0.6 is 0 Å². The topological polar surface area (TPSA) is 12.0 Å². The zero-order chi connectivity index (χ0) is 12.8. The van der Waals surface area contributed by atoms with Gasteiger partial charge >= 0.3 is 0 Å². The largest absolute Gasteiger partial charge is 0.310 e. The summed E-state index contributed by atoms with van der Waals surface area (Å²) in [6, 6.07) is 19.8. The van der Waals surface area contributed by atoms with Gasteiger partial charge in [0, 0.05) is 6.04 Å². The Labute approximate surface area is 110 Å². The fourth-order valence-corrected chi connectivity index (χ4v) is 2.31. The highest BCUT2D eigenvalue weighted by Crippen LogP contribution is 2.24. The van der Waals surface area contributed by atoms with Gasteiger partial charge in [0.2, 0.25) is 0 Å². The summed E-state index contributed by atoms with van der Waals surface area (Å²) in [5.41, 5.74) is 3.95. The van der Waals surface area contributed by atoms with Crippen LogP contribution in [0.15, 0.2) is 54.6 Å². The third-order valence-corrected chi connectivity index (χ3v) is 3.25. The van der Waals surface area contributed by atoms with Crippen molar-refractivity contribution in [3.05, 3.63) is 60.2 Å². The van der Waals surface area contributed by atoms with Crippen molar-refractivity contribution in [3.63, 3.8) is 0 Å². The molecule has 0 saturated heterocycles. The van der Waals surface area contributed by atoms with E-state index in [0.717, 1.165) is 13.0 Å². The average Bonchev–Trinajstić information content (AvgIpc) is 2.46. The molecule has 0 aliphatic rings. The van der Waals surface area contributed by atoms with Crippen molar-refractivity contribution >= 4 is 0 Å². The molecule has 18 heavy (non-hydrogen) atoms. The van der Waals surface area contributed by atoms with Crippen LogP contribution in [0.25, 0.3) is 11.1 Å². The van der Waals surface area contributed by atoms with Crippen LogP contribution in [0.4, 0.5) is 0 Å². The molecule has 2 aromatic rings. The zero-order valence-corrected chi connectivity index (χ0v) is 11.2. The predicted molar refractivity (Wildman–Crippen MR) is 78.6 cm³/mol. The van der Waals surface area contributed by atoms with Gasteiger partial charge in [0.25, 0.3) is 0 Å². The second-order valence-corrected chi connectivity index (χ2v) is 4.51. The molecule has 94 valence electrons. The van der Waals surface area contributed by atoms with Gasteiger partial charge in [-0.1, -0.05) is 62.4 Å². The maximum atomic E-state index is 3.53. The predicted octanol–water partition coefficient (Wildman–Crippen LogP) is 4.41. The van der Waals surface area contributed by atoms with E-state index < -0.39 is 0 Å². The zero-order valence-electron chi connectivity index (χ0n) is 11.2. The van der Waals surface area contributed by atoms with E-state index in [0.29, 0.717) is 6.04 Å². The molecule has 0 heterocycles. The molecule has 1 N–H and O–H groups in total. The first-order valence-electron chi connectivity index (χ1n) is 6.74. The number of hydrogen-bond acceptors (Lipinski definition) is 1. The summed E-state index contributed by atoms with van der Waals surface area (Å²) < 4.78 is 0. The highest BCUT2D eigenvalue weighted by atomic mass is 14.9. The van der Waals surface area contributed by atoms with E-state index in [-0.39, 0.29) is 0 Å². The molecule has 0 saturated carbocycles. The molecule has 0 aromatic heterocycles. The lowest BCUT2D eigenvalue weighted by Gasteiger charge is -2.17. The fourth-order valence-electron chi connectivity index (χ4n) is 2.31. The van der Waals surface area contributed by atoms with Crippen LogP contribution in [0.3, 0.4) is 0 Å². The summed E-state index contributed by atoms with van der Waals surface area (Å²) in [6.07, 6.45) is 1.12. The Morgan fingerprint density at radius 2 is 1.61 bits per heavy atom. The maximum absolute atomic E-state index is 3.53. The molecule has 0 bridgehead atoms. The monoisotopic (exact) mass is 239 g/mol. The van der Waals surface area contributed by atoms with Gasteiger partial charge in [-0.25, -0.2) is 0 Å². The molecule has 1 heteroatoms. The van der Waals surface area contributed by atoms with E-state index in [1.165, 1.54) is 16.7 Å². The number of rotatable bonds is 5. The van der Waals surface area contributed by atoms with Crippen molar-refractivity contribution < 1.29 is 0 Å². The summed E-state index contributed by atoms with van der Waals surface area (Å²) in [6.45, 7) is 5.39. The van der Waals surface area contributed by atoms with E-state index in [1.807, 2.05) is 0 Å². The first-order valence-corrected chi connectivity index (χ1v) is 6.74. The summed E-state index contributed by atoms with van der Waals surface area (Å²) >= 11 is 0. The molecule has 0 spiro atoms. The Morgan fingerprint density at radius 3 is 2.28 bits per heavy atom. The quantitative estimate of drug-likeness (QED) is 0.814. The molecular weight excluding hydrogens is 218 g/mol. The molecule has 1 atom stereocenters. The van der Waals surface area contributed by atoms with Gasteiger partial charge in [-0.3, -0.25) is 0 Å². The van der Waals surface area contributed by atoms with E-state index >= 15 is 0 Å². The van der Waals surface area contributed by atoms with Gasteiger partial charge in [-0.15, -0.1) is 0 Å². The second kappa shape index (κ2) is 6.36. The minimum Gasteiger partial charge on any atom is -0.310 e. The minimum atomic E-state index is 0.457. The number of benzene rings is 2. The molecular formula is C17H21N. The summed E-state index contributed by atoms with van der Waals surface area (Å²) in [7, 11) is 0. The van der Waals surface area contributed by atoms with Crippen LogP contribution < -0.4 is 5.32 Å². The molecule has 0 aliphatic carbocycles. The number of hydrogen-bond donors (Lipinski definition) is 1. The smallest absolute Gasteiger partial charge is 0.0317 e. The van der Waals surface area contributed by atoms with Crippen molar-refractivity contribution in [1.82, 2.24) is 5.32 Å². The van der Waals surface area contributed by atoms with Crippen LogP contribution in [0.2, 0.25) is 0 Å². The van der Waals surface area contributed by atoms with Crippen LogP contribution in [0.1, 0.15) is 31.9 Å². The van der Waals surface area contributed by atoms with E-state index in [9.17, 15) is 0 Å². The van der Waals surface area contributed by atoms with Gasteiger partial charge in [-0.05, 0) is 35.7 Å². The summed E-state index contributed by atoms with van der Waals surface area (Å²) in [4.78, 5) is 0. The highest BCUT2D eigenvalue weighted by molar-refractivity contribution is 5.64. The van der Waals surface area contributed by atoms with Gasteiger partial charge in [0.15, 0.2) is 0 Å². The molecule has 0 fully saturated rings. The van der Waals surface area contributed by atoms with Gasteiger partial charge in [-0.2, -0.15) is 0 Å². The van der Waals surface area contributed by atoms with Gasteiger partial charge in [0.05, 0.1) is 0 Å². The van der Waals surface area contributed by atoms with Crippen LogP contribution in [-0.2, 0) is 0 Å². The van der Waals surface area contributed by atoms with Crippen molar-refractivity contribution in [1.29, 1.82) is 0 Å². The minimum absolute atomic E-state index is 0.457. The van der Waals surface area contributed by atoms with Gasteiger partial charge < -0.3 is 5.32 Å². The van der Waals surface area contributed by atoms with Crippen LogP contribution in [0, 0.1) is 0 Å². The first-order chi connectivity index (χ1) is 8.85. The normalized spacial score (nSPS) is 12.3. The number of nitrogens with one attached hydrogen (secondary N) is 1. The molecule has 1 nitrogen and oxygen atoms in total. The Balaban J connectivity index is 2.30. The highest BCUT2D eigenvalue weighted by Gasteiger charge is 2.08. The van der Waals surface area contributed by atoms with Crippen molar-refractivity contribution in [2.75, 3.05) is 6.54 Å². The van der Waals surface area contributed by atoms with Crippen LogP contribution in [-0.4, -0.2) is 6.54 Å². The summed E-state index contributed by atoms with van der Waals surface area (Å²) in [5.74, 6) is 0. The van der Waals surface area contributed by atoms with Gasteiger partial charge in [0.1, 0.15) is 0 Å². The molecule has 2 rings (SSSR count). The Hall–Kier alpha value is -1.60. The molecule has 0 amide bonds. The Bertz CT molecular complexity index is 476. The van der Waals surface area contributed by atoms with E-state index in [4.69, 9.17) is 0 Å². The maximum Gasteiger partial charge on any atom is 0.0317 e. The Morgan fingerprint density at radius 1 is 0.889 bits per heavy atom. The third-order valence-electron chi connectivity index (χ3n) is 3.25. The fraction of sp³-hybridized carbons (Fsp3) is 0.294. The second-order valence-electron chi connectivity index (χ2n) is 4.51. The van der Waals surface area contributed by atoms with Crippen molar-refractivity contribution in [2.45, 2.75) is 26.3 Å². The lowest BCUT2D eigenvalue weighted by molar-refractivity contribution is 0.537. The van der Waals surface area contributed by atoms with Crippen molar-refractivity contribution in [2.24, 2.45) is 0 Å². The van der Waals surface area contributed by atoms with E-state index in [2.05, 4.69) is 73.8 Å². The van der Waals surface area contributed by atoms with Crippen LogP contribution in [0.5, 0.6) is 0 Å². The molecule has 0 aliphatic heterocycles. The molecule has 1 unspecified atom stereocenters. The SMILES string of the molecule is CCNC(CC)c1cccc(-c2ccccc2)c1. The summed E-state index contributed by atoms with van der Waals surface area (Å²) in [5, 5.41) is 3.53. The standard InChI is InChI=1S/C17H21N/c1-3-17(18-4-2)16-12-8-11-15(13-16)14-9-6-5-7-10-14/h5-13,17-18H,3-4H2,1-2H3. The molecule has 0 radical (unpaired) electrons. The lowest BCUT2D eigenvalue weighted by Crippen LogP contribution is -2.19. The average molecular weight is 239 g/mol. The third kappa shape index (κ3) is 2.99. The Kier molecular flexibility index (Phi) is 4.54. The van der Waals surface area contributed by atoms with Crippen molar-refractivity contribution in [3.8, 4) is 11.1 Å².